The predicted octanol–water partition coefficient (Wildman–Crippen LogP) is 1.49. The minimum absolute atomic E-state index is 0.0574. The number of hydrogen-bond acceptors (Lipinski definition) is 4. The van der Waals surface area contributed by atoms with Crippen LogP contribution in [0.4, 0.5) is 0 Å². The molecule has 1 aromatic heterocycles. The summed E-state index contributed by atoms with van der Waals surface area (Å²) in [6.45, 7) is 0.699. The standard InChI is InChI=1S/C15H18N4O/c16-12-3-1-10(7-12)9-19-15(20)11-2-4-13-14(8-11)18-6-5-17-13/h2,4-6,8,10,12H,1,3,7,9,16H2,(H,19,20). The van der Waals surface area contributed by atoms with Gasteiger partial charge in [0, 0.05) is 30.5 Å². The first-order valence-corrected chi connectivity index (χ1v) is 6.97. The number of fused-ring (bicyclic) bond motifs is 1. The van der Waals surface area contributed by atoms with E-state index in [1.165, 1.54) is 0 Å². The quantitative estimate of drug-likeness (QED) is 0.885. The van der Waals surface area contributed by atoms with Crippen LogP contribution in [-0.2, 0) is 0 Å². The number of benzene rings is 1. The molecule has 1 amide bonds. The number of rotatable bonds is 3. The molecule has 1 fully saturated rings. The maximum Gasteiger partial charge on any atom is 0.251 e. The highest BCUT2D eigenvalue weighted by Crippen LogP contribution is 2.23. The maximum atomic E-state index is 12.1. The van der Waals surface area contributed by atoms with Crippen LogP contribution in [0.3, 0.4) is 0 Å². The van der Waals surface area contributed by atoms with Crippen LogP contribution in [0.25, 0.3) is 11.0 Å². The van der Waals surface area contributed by atoms with E-state index in [-0.39, 0.29) is 5.91 Å². The number of carbonyl (C=O) groups is 1. The molecule has 104 valence electrons. The Labute approximate surface area is 117 Å². The number of nitrogens with one attached hydrogen (secondary N) is 1. The average Bonchev–Trinajstić information content (AvgIpc) is 2.90. The van der Waals surface area contributed by atoms with Gasteiger partial charge in [-0.1, -0.05) is 0 Å². The summed E-state index contributed by atoms with van der Waals surface area (Å²) in [6, 6.07) is 5.68. The van der Waals surface area contributed by atoms with E-state index >= 15 is 0 Å². The topological polar surface area (TPSA) is 80.9 Å². The van der Waals surface area contributed by atoms with Crippen LogP contribution in [0, 0.1) is 5.92 Å². The molecule has 2 aromatic rings. The third kappa shape index (κ3) is 2.77. The van der Waals surface area contributed by atoms with E-state index in [1.54, 1.807) is 24.5 Å². The van der Waals surface area contributed by atoms with Crippen molar-refractivity contribution in [1.82, 2.24) is 15.3 Å². The van der Waals surface area contributed by atoms with Gasteiger partial charge in [0.15, 0.2) is 0 Å². The minimum atomic E-state index is -0.0574. The number of hydrogen-bond donors (Lipinski definition) is 2. The molecule has 1 aromatic carbocycles. The minimum Gasteiger partial charge on any atom is -0.352 e. The number of aromatic nitrogens is 2. The Morgan fingerprint density at radius 2 is 2.05 bits per heavy atom. The summed E-state index contributed by atoms with van der Waals surface area (Å²) in [6.07, 6.45) is 6.44. The third-order valence-corrected chi connectivity index (χ3v) is 3.86. The average molecular weight is 270 g/mol. The molecule has 1 aliphatic carbocycles. The Kier molecular flexibility index (Phi) is 3.60. The maximum absolute atomic E-state index is 12.1. The van der Waals surface area contributed by atoms with Gasteiger partial charge in [0.25, 0.3) is 5.91 Å². The van der Waals surface area contributed by atoms with Gasteiger partial charge in [-0.25, -0.2) is 0 Å². The van der Waals surface area contributed by atoms with Crippen molar-refractivity contribution in [2.45, 2.75) is 25.3 Å². The van der Waals surface area contributed by atoms with E-state index in [0.29, 0.717) is 24.1 Å². The molecular formula is C15H18N4O. The molecule has 2 unspecified atom stereocenters. The van der Waals surface area contributed by atoms with Gasteiger partial charge in [-0.3, -0.25) is 14.8 Å². The van der Waals surface area contributed by atoms with Crippen molar-refractivity contribution in [1.29, 1.82) is 0 Å². The fraction of sp³-hybridized carbons (Fsp3) is 0.400. The van der Waals surface area contributed by atoms with Crippen LogP contribution in [0.2, 0.25) is 0 Å². The van der Waals surface area contributed by atoms with E-state index in [1.807, 2.05) is 6.07 Å². The van der Waals surface area contributed by atoms with Crippen molar-refractivity contribution in [3.63, 3.8) is 0 Å². The van der Waals surface area contributed by atoms with Gasteiger partial charge in [0.05, 0.1) is 11.0 Å². The summed E-state index contributed by atoms with van der Waals surface area (Å²) in [5, 5.41) is 2.98. The molecule has 0 aliphatic heterocycles. The molecule has 2 atom stereocenters. The van der Waals surface area contributed by atoms with Crippen LogP contribution in [0.5, 0.6) is 0 Å². The zero-order chi connectivity index (χ0) is 13.9. The van der Waals surface area contributed by atoms with Crippen LogP contribution in [0.1, 0.15) is 29.6 Å². The van der Waals surface area contributed by atoms with Gasteiger partial charge in [-0.05, 0) is 43.4 Å². The molecule has 0 spiro atoms. The van der Waals surface area contributed by atoms with Crippen LogP contribution in [0.15, 0.2) is 30.6 Å². The lowest BCUT2D eigenvalue weighted by molar-refractivity contribution is 0.0947. The predicted molar refractivity (Wildman–Crippen MR) is 77.2 cm³/mol. The molecule has 3 rings (SSSR count). The fourth-order valence-electron chi connectivity index (χ4n) is 2.74. The van der Waals surface area contributed by atoms with Crippen molar-refractivity contribution in [2.75, 3.05) is 6.54 Å². The second-order valence-electron chi connectivity index (χ2n) is 5.41. The Balaban J connectivity index is 1.66. The molecule has 5 heteroatoms. The number of amides is 1. The molecular weight excluding hydrogens is 252 g/mol. The van der Waals surface area contributed by atoms with Gasteiger partial charge < -0.3 is 11.1 Å². The van der Waals surface area contributed by atoms with E-state index in [0.717, 1.165) is 30.3 Å². The highest BCUT2D eigenvalue weighted by atomic mass is 16.1. The molecule has 1 aliphatic rings. The van der Waals surface area contributed by atoms with Crippen molar-refractivity contribution < 1.29 is 4.79 Å². The Morgan fingerprint density at radius 3 is 2.80 bits per heavy atom. The van der Waals surface area contributed by atoms with Crippen molar-refractivity contribution in [3.8, 4) is 0 Å². The van der Waals surface area contributed by atoms with Crippen molar-refractivity contribution in [3.05, 3.63) is 36.2 Å². The summed E-state index contributed by atoms with van der Waals surface area (Å²) in [5.74, 6) is 0.451. The molecule has 5 nitrogen and oxygen atoms in total. The van der Waals surface area contributed by atoms with E-state index in [2.05, 4.69) is 15.3 Å². The lowest BCUT2D eigenvalue weighted by atomic mass is 10.1. The first-order valence-electron chi connectivity index (χ1n) is 6.97. The lowest BCUT2D eigenvalue weighted by Gasteiger charge is -2.11. The normalized spacial score (nSPS) is 22.1. The SMILES string of the molecule is NC1CCC(CNC(=O)c2ccc3nccnc3c2)C1. The summed E-state index contributed by atoms with van der Waals surface area (Å²) in [4.78, 5) is 20.5. The first kappa shape index (κ1) is 13.0. The molecule has 1 saturated carbocycles. The number of carbonyl (C=O) groups excluding carboxylic acids is 1. The van der Waals surface area contributed by atoms with Crippen molar-refractivity contribution >= 4 is 16.9 Å². The fourth-order valence-corrected chi connectivity index (χ4v) is 2.74. The Hall–Kier alpha value is -2.01. The van der Waals surface area contributed by atoms with E-state index in [9.17, 15) is 4.79 Å². The molecule has 20 heavy (non-hydrogen) atoms. The summed E-state index contributed by atoms with van der Waals surface area (Å²) in [5.41, 5.74) is 8.04. The van der Waals surface area contributed by atoms with Crippen LogP contribution in [-0.4, -0.2) is 28.5 Å². The third-order valence-electron chi connectivity index (χ3n) is 3.86. The van der Waals surface area contributed by atoms with Crippen molar-refractivity contribution in [2.24, 2.45) is 11.7 Å². The zero-order valence-electron chi connectivity index (χ0n) is 11.2. The van der Waals surface area contributed by atoms with Gasteiger partial charge in [-0.2, -0.15) is 0 Å². The largest absolute Gasteiger partial charge is 0.352 e. The second-order valence-corrected chi connectivity index (χ2v) is 5.41. The number of nitrogens with zero attached hydrogens (tertiary/aromatic N) is 2. The van der Waals surface area contributed by atoms with Gasteiger partial charge in [0.1, 0.15) is 0 Å². The van der Waals surface area contributed by atoms with Gasteiger partial charge >= 0.3 is 0 Å². The Bertz CT molecular complexity index is 628. The summed E-state index contributed by atoms with van der Waals surface area (Å²) < 4.78 is 0. The Morgan fingerprint density at radius 1 is 1.25 bits per heavy atom. The molecule has 0 saturated heterocycles. The summed E-state index contributed by atoms with van der Waals surface area (Å²) >= 11 is 0. The highest BCUT2D eigenvalue weighted by molar-refractivity contribution is 5.97. The highest BCUT2D eigenvalue weighted by Gasteiger charge is 2.22. The monoisotopic (exact) mass is 270 g/mol. The summed E-state index contributed by atoms with van der Waals surface area (Å²) in [7, 11) is 0. The zero-order valence-corrected chi connectivity index (χ0v) is 11.2. The molecule has 0 radical (unpaired) electrons. The first-order chi connectivity index (χ1) is 9.72. The molecule has 0 bridgehead atoms. The lowest BCUT2D eigenvalue weighted by Crippen LogP contribution is -2.29. The molecule has 3 N–H and O–H groups in total. The smallest absolute Gasteiger partial charge is 0.251 e. The van der Waals surface area contributed by atoms with Crippen LogP contribution >= 0.6 is 0 Å². The van der Waals surface area contributed by atoms with Gasteiger partial charge in [0.2, 0.25) is 0 Å². The van der Waals surface area contributed by atoms with Crippen LogP contribution < -0.4 is 11.1 Å². The number of nitrogens with two attached hydrogens (primary N) is 1. The molecule has 1 heterocycles. The van der Waals surface area contributed by atoms with Gasteiger partial charge in [-0.15, -0.1) is 0 Å². The second kappa shape index (κ2) is 5.54. The van der Waals surface area contributed by atoms with E-state index < -0.39 is 0 Å². The van der Waals surface area contributed by atoms with E-state index in [4.69, 9.17) is 5.73 Å².